The van der Waals surface area contributed by atoms with Crippen molar-refractivity contribution in [2.24, 2.45) is 7.05 Å². The Morgan fingerprint density at radius 2 is 2.17 bits per heavy atom. The predicted molar refractivity (Wildman–Crippen MR) is 71.2 cm³/mol. The first kappa shape index (κ1) is 13.1. The van der Waals surface area contributed by atoms with Gasteiger partial charge >= 0.3 is 0 Å². The Bertz CT molecular complexity index is 551. The summed E-state index contributed by atoms with van der Waals surface area (Å²) in [4.78, 5) is 0. The molecule has 0 aliphatic carbocycles. The number of likely N-dealkylation sites (N-methyl/N-ethyl adjacent to an activating group) is 1. The molecule has 0 saturated carbocycles. The fourth-order valence-corrected chi connectivity index (χ4v) is 2.10. The van der Waals surface area contributed by atoms with Crippen LogP contribution in [-0.2, 0) is 13.5 Å². The highest BCUT2D eigenvalue weighted by Gasteiger charge is 2.14. The van der Waals surface area contributed by atoms with Crippen molar-refractivity contribution in [3.8, 4) is 11.1 Å². The second kappa shape index (κ2) is 5.50. The number of benzene rings is 1. The van der Waals surface area contributed by atoms with Crippen LogP contribution < -0.4 is 5.32 Å². The van der Waals surface area contributed by atoms with Crippen molar-refractivity contribution in [3.63, 3.8) is 0 Å². The van der Waals surface area contributed by atoms with Crippen LogP contribution >= 0.6 is 11.6 Å². The van der Waals surface area contributed by atoms with Crippen molar-refractivity contribution in [1.82, 2.24) is 15.1 Å². The molecule has 0 aliphatic heterocycles. The Kier molecular flexibility index (Phi) is 3.99. The standard InChI is InChI=1S/C13H15ClFN3/c1-16-6-5-13-11(8-17-18(13)2)10-7-9(14)3-4-12(10)15/h3-4,7-8,16H,5-6H2,1-2H3. The molecule has 0 atom stereocenters. The summed E-state index contributed by atoms with van der Waals surface area (Å²) in [5, 5.41) is 7.80. The molecule has 3 nitrogen and oxygen atoms in total. The monoisotopic (exact) mass is 267 g/mol. The molecule has 2 aromatic rings. The molecule has 0 spiro atoms. The highest BCUT2D eigenvalue weighted by molar-refractivity contribution is 6.30. The second-order valence-corrected chi connectivity index (χ2v) is 4.54. The zero-order chi connectivity index (χ0) is 13.1. The van der Waals surface area contributed by atoms with Gasteiger partial charge in [0.25, 0.3) is 0 Å². The minimum Gasteiger partial charge on any atom is -0.319 e. The van der Waals surface area contributed by atoms with Crippen LogP contribution in [0.3, 0.4) is 0 Å². The topological polar surface area (TPSA) is 29.9 Å². The molecule has 0 radical (unpaired) electrons. The summed E-state index contributed by atoms with van der Waals surface area (Å²) in [6, 6.07) is 4.56. The van der Waals surface area contributed by atoms with Crippen molar-refractivity contribution >= 4 is 11.6 Å². The average Bonchev–Trinajstić information content (AvgIpc) is 2.71. The van der Waals surface area contributed by atoms with E-state index in [2.05, 4.69) is 10.4 Å². The number of aromatic nitrogens is 2. The van der Waals surface area contributed by atoms with E-state index in [-0.39, 0.29) is 5.82 Å². The SMILES string of the molecule is CNCCc1c(-c2cc(Cl)ccc2F)cnn1C. The van der Waals surface area contributed by atoms with Gasteiger partial charge in [0.1, 0.15) is 5.82 Å². The Morgan fingerprint density at radius 1 is 1.39 bits per heavy atom. The highest BCUT2D eigenvalue weighted by Crippen LogP contribution is 2.28. The molecule has 0 bridgehead atoms. The predicted octanol–water partition coefficient (Wildman–Crippen LogP) is 2.64. The normalized spacial score (nSPS) is 10.9. The first-order valence-corrected chi connectivity index (χ1v) is 6.12. The number of nitrogens with zero attached hydrogens (tertiary/aromatic N) is 2. The maximum atomic E-state index is 13.9. The fourth-order valence-electron chi connectivity index (χ4n) is 1.93. The molecule has 96 valence electrons. The molecular formula is C13H15ClFN3. The first-order chi connectivity index (χ1) is 8.63. The van der Waals surface area contributed by atoms with E-state index < -0.39 is 0 Å². The van der Waals surface area contributed by atoms with Crippen LogP contribution in [0, 0.1) is 5.82 Å². The largest absolute Gasteiger partial charge is 0.319 e. The number of hydrogen-bond acceptors (Lipinski definition) is 2. The Hall–Kier alpha value is -1.39. The van der Waals surface area contributed by atoms with Gasteiger partial charge in [-0.2, -0.15) is 5.10 Å². The van der Waals surface area contributed by atoms with Crippen LogP contribution in [0.15, 0.2) is 24.4 Å². The number of halogens is 2. The van der Waals surface area contributed by atoms with E-state index in [0.29, 0.717) is 10.6 Å². The smallest absolute Gasteiger partial charge is 0.131 e. The van der Waals surface area contributed by atoms with Crippen LogP contribution in [0.1, 0.15) is 5.69 Å². The van der Waals surface area contributed by atoms with E-state index >= 15 is 0 Å². The minimum absolute atomic E-state index is 0.280. The van der Waals surface area contributed by atoms with Crippen LogP contribution in [0.5, 0.6) is 0 Å². The molecular weight excluding hydrogens is 253 g/mol. The van der Waals surface area contributed by atoms with Crippen LogP contribution in [0.2, 0.25) is 5.02 Å². The van der Waals surface area contributed by atoms with Crippen molar-refractivity contribution in [2.45, 2.75) is 6.42 Å². The summed E-state index contributed by atoms with van der Waals surface area (Å²) in [6.45, 7) is 0.814. The van der Waals surface area contributed by atoms with Crippen LogP contribution in [-0.4, -0.2) is 23.4 Å². The molecule has 1 aromatic heterocycles. The molecule has 0 amide bonds. The van der Waals surface area contributed by atoms with E-state index in [1.807, 2.05) is 14.1 Å². The fraction of sp³-hybridized carbons (Fsp3) is 0.308. The third-order valence-electron chi connectivity index (χ3n) is 2.89. The third-order valence-corrected chi connectivity index (χ3v) is 3.13. The van der Waals surface area contributed by atoms with E-state index in [1.54, 1.807) is 23.0 Å². The zero-order valence-electron chi connectivity index (χ0n) is 10.4. The number of nitrogens with one attached hydrogen (secondary N) is 1. The summed E-state index contributed by atoms with van der Waals surface area (Å²) >= 11 is 5.92. The average molecular weight is 268 g/mol. The van der Waals surface area contributed by atoms with E-state index in [0.717, 1.165) is 24.2 Å². The van der Waals surface area contributed by atoms with Crippen molar-refractivity contribution in [3.05, 3.63) is 40.9 Å². The van der Waals surface area contributed by atoms with Gasteiger partial charge in [-0.1, -0.05) is 11.6 Å². The first-order valence-electron chi connectivity index (χ1n) is 5.74. The zero-order valence-corrected chi connectivity index (χ0v) is 11.1. The molecule has 1 heterocycles. The Morgan fingerprint density at radius 3 is 2.89 bits per heavy atom. The molecule has 0 fully saturated rings. The van der Waals surface area contributed by atoms with Gasteiger partial charge in [-0.25, -0.2) is 4.39 Å². The lowest BCUT2D eigenvalue weighted by Crippen LogP contribution is -2.13. The van der Waals surface area contributed by atoms with Gasteiger partial charge in [0.05, 0.1) is 6.20 Å². The minimum atomic E-state index is -0.280. The van der Waals surface area contributed by atoms with Gasteiger partial charge in [-0.15, -0.1) is 0 Å². The highest BCUT2D eigenvalue weighted by atomic mass is 35.5. The second-order valence-electron chi connectivity index (χ2n) is 4.11. The molecule has 18 heavy (non-hydrogen) atoms. The Balaban J connectivity index is 2.46. The molecule has 1 aromatic carbocycles. The summed E-state index contributed by atoms with van der Waals surface area (Å²) in [6.07, 6.45) is 2.47. The summed E-state index contributed by atoms with van der Waals surface area (Å²) in [7, 11) is 3.74. The van der Waals surface area contributed by atoms with Gasteiger partial charge in [-0.3, -0.25) is 4.68 Å². The lowest BCUT2D eigenvalue weighted by Gasteiger charge is -2.07. The van der Waals surface area contributed by atoms with Gasteiger partial charge in [0.15, 0.2) is 0 Å². The molecule has 1 N–H and O–H groups in total. The summed E-state index contributed by atoms with van der Waals surface area (Å²) < 4.78 is 15.6. The quantitative estimate of drug-likeness (QED) is 0.923. The van der Waals surface area contributed by atoms with E-state index in [9.17, 15) is 4.39 Å². The van der Waals surface area contributed by atoms with Crippen LogP contribution in [0.4, 0.5) is 4.39 Å². The molecule has 5 heteroatoms. The molecule has 0 aliphatic rings. The maximum Gasteiger partial charge on any atom is 0.131 e. The van der Waals surface area contributed by atoms with Crippen molar-refractivity contribution in [1.29, 1.82) is 0 Å². The lowest BCUT2D eigenvalue weighted by atomic mass is 10.0. The Labute approximate surface area is 111 Å². The van der Waals surface area contributed by atoms with E-state index in [4.69, 9.17) is 11.6 Å². The van der Waals surface area contributed by atoms with E-state index in [1.165, 1.54) is 6.07 Å². The number of rotatable bonds is 4. The molecule has 0 saturated heterocycles. The van der Waals surface area contributed by atoms with Crippen LogP contribution in [0.25, 0.3) is 11.1 Å². The van der Waals surface area contributed by atoms with Gasteiger partial charge < -0.3 is 5.32 Å². The summed E-state index contributed by atoms with van der Waals surface area (Å²) in [5.74, 6) is -0.280. The van der Waals surface area contributed by atoms with Crippen molar-refractivity contribution < 1.29 is 4.39 Å². The van der Waals surface area contributed by atoms with Gasteiger partial charge in [0.2, 0.25) is 0 Å². The van der Waals surface area contributed by atoms with Crippen molar-refractivity contribution in [2.75, 3.05) is 13.6 Å². The molecule has 0 unspecified atom stereocenters. The van der Waals surface area contributed by atoms with Gasteiger partial charge in [0, 0.05) is 41.9 Å². The summed E-state index contributed by atoms with van der Waals surface area (Å²) in [5.41, 5.74) is 2.29. The molecule has 2 rings (SSSR count). The van der Waals surface area contributed by atoms with Gasteiger partial charge in [-0.05, 0) is 25.2 Å². The number of aryl methyl sites for hydroxylation is 1. The maximum absolute atomic E-state index is 13.9. The third kappa shape index (κ3) is 2.54. The lowest BCUT2D eigenvalue weighted by molar-refractivity contribution is 0.630. The number of hydrogen-bond donors (Lipinski definition) is 1.